The van der Waals surface area contributed by atoms with Crippen molar-refractivity contribution in [2.75, 3.05) is 13.2 Å². The highest BCUT2D eigenvalue weighted by Crippen LogP contribution is 2.27. The van der Waals surface area contributed by atoms with Gasteiger partial charge in [0.2, 0.25) is 0 Å². The molecule has 0 bridgehead atoms. The lowest BCUT2D eigenvalue weighted by molar-refractivity contribution is -0.0191. The molecule has 1 fully saturated rings. The molecule has 1 aromatic rings. The predicted octanol–water partition coefficient (Wildman–Crippen LogP) is -0.464. The number of amides is 1. The fourth-order valence-corrected chi connectivity index (χ4v) is 2.55. The van der Waals surface area contributed by atoms with E-state index in [2.05, 4.69) is 10.3 Å². The molecule has 0 saturated carbocycles. The van der Waals surface area contributed by atoms with E-state index in [1.54, 1.807) is 29.5 Å². The molecular formula is C12H16IN3O6. The van der Waals surface area contributed by atoms with Crippen LogP contribution in [0.25, 0.3) is 0 Å². The van der Waals surface area contributed by atoms with E-state index in [4.69, 9.17) is 9.47 Å². The predicted molar refractivity (Wildman–Crippen MR) is 83.6 cm³/mol. The van der Waals surface area contributed by atoms with Crippen LogP contribution in [0.4, 0.5) is 4.79 Å². The number of nitrogens with one attached hydrogen (secondary N) is 2. The van der Waals surface area contributed by atoms with Crippen molar-refractivity contribution in [3.05, 3.63) is 30.6 Å². The maximum absolute atomic E-state index is 11.8. The summed E-state index contributed by atoms with van der Waals surface area (Å²) in [5.74, 6) is 0. The Morgan fingerprint density at radius 2 is 2.36 bits per heavy atom. The zero-order valence-corrected chi connectivity index (χ0v) is 13.9. The van der Waals surface area contributed by atoms with E-state index in [1.807, 2.05) is 0 Å². The van der Waals surface area contributed by atoms with Crippen LogP contribution < -0.4 is 16.6 Å². The second-order valence-electron chi connectivity index (χ2n) is 4.68. The summed E-state index contributed by atoms with van der Waals surface area (Å²) in [5.41, 5.74) is -1.08. The average molecular weight is 425 g/mol. The van der Waals surface area contributed by atoms with Crippen molar-refractivity contribution in [3.63, 3.8) is 0 Å². The molecule has 9 nitrogen and oxygen atoms in total. The summed E-state index contributed by atoms with van der Waals surface area (Å²) in [6.45, 7) is 1.99. The SMILES string of the molecule is CCOC(=O)NC[C@H]1O[C@@H](n2cc(I)c(=O)[nH]c2=O)C[C@@H]1O. The number of nitrogens with zero attached hydrogens (tertiary/aromatic N) is 1. The van der Waals surface area contributed by atoms with E-state index < -0.39 is 35.8 Å². The van der Waals surface area contributed by atoms with Gasteiger partial charge < -0.3 is 19.9 Å². The number of H-pyrrole nitrogens is 1. The Balaban J connectivity index is 2.04. The highest BCUT2D eigenvalue weighted by Gasteiger charge is 2.35. The summed E-state index contributed by atoms with van der Waals surface area (Å²) < 4.78 is 11.9. The lowest BCUT2D eigenvalue weighted by Crippen LogP contribution is -2.37. The first-order chi connectivity index (χ1) is 10.4. The van der Waals surface area contributed by atoms with Crippen molar-refractivity contribution in [1.82, 2.24) is 14.9 Å². The summed E-state index contributed by atoms with van der Waals surface area (Å²) >= 11 is 1.80. The van der Waals surface area contributed by atoms with Crippen LogP contribution in [-0.4, -0.2) is 46.1 Å². The van der Waals surface area contributed by atoms with E-state index in [-0.39, 0.29) is 19.6 Å². The molecule has 0 spiro atoms. The van der Waals surface area contributed by atoms with Crippen LogP contribution in [0.2, 0.25) is 0 Å². The fourth-order valence-electron chi connectivity index (χ4n) is 2.11. The first-order valence-corrected chi connectivity index (χ1v) is 7.75. The standard InChI is InChI=1S/C12H16IN3O6/c1-2-21-12(20)14-4-8-7(17)3-9(22-8)16-5-6(13)10(18)15-11(16)19/h5,7-9,17H,2-4H2,1H3,(H,14,20)(H,15,18,19)/t7-,8+,9+/m0/s1. The van der Waals surface area contributed by atoms with Crippen LogP contribution in [0.15, 0.2) is 15.8 Å². The summed E-state index contributed by atoms with van der Waals surface area (Å²) in [6.07, 6.45) is -1.26. The van der Waals surface area contributed by atoms with Gasteiger partial charge in [-0.1, -0.05) is 0 Å². The van der Waals surface area contributed by atoms with Crippen molar-refractivity contribution in [2.45, 2.75) is 31.8 Å². The molecule has 0 aromatic carbocycles. The minimum atomic E-state index is -0.844. The highest BCUT2D eigenvalue weighted by atomic mass is 127. The molecule has 122 valence electrons. The number of carbonyl (C=O) groups excluding carboxylic acids is 1. The number of aliphatic hydroxyl groups is 1. The smallest absolute Gasteiger partial charge is 0.407 e. The molecule has 3 atom stereocenters. The molecule has 1 aliphatic heterocycles. The molecule has 1 aliphatic rings. The molecule has 0 radical (unpaired) electrons. The van der Waals surface area contributed by atoms with Crippen molar-refractivity contribution < 1.29 is 19.4 Å². The largest absolute Gasteiger partial charge is 0.450 e. The Bertz CT molecular complexity index is 657. The lowest BCUT2D eigenvalue weighted by atomic mass is 10.2. The summed E-state index contributed by atoms with van der Waals surface area (Å²) in [6, 6.07) is 0. The number of alkyl carbamates (subject to hydrolysis) is 1. The summed E-state index contributed by atoms with van der Waals surface area (Å²) in [5, 5.41) is 12.4. The number of aliphatic hydroxyl groups excluding tert-OH is 1. The Labute approximate surface area is 138 Å². The van der Waals surface area contributed by atoms with Crippen molar-refractivity contribution in [1.29, 1.82) is 0 Å². The number of ether oxygens (including phenoxy) is 2. The van der Waals surface area contributed by atoms with E-state index in [0.29, 0.717) is 3.57 Å². The Hall–Kier alpha value is -1.40. The Kier molecular flexibility index (Phi) is 5.58. The maximum Gasteiger partial charge on any atom is 0.407 e. The second kappa shape index (κ2) is 7.24. The topological polar surface area (TPSA) is 123 Å². The molecule has 1 aromatic heterocycles. The van der Waals surface area contributed by atoms with E-state index in [0.717, 1.165) is 0 Å². The van der Waals surface area contributed by atoms with Crippen LogP contribution >= 0.6 is 22.6 Å². The molecule has 1 saturated heterocycles. The van der Waals surface area contributed by atoms with E-state index >= 15 is 0 Å². The number of hydrogen-bond donors (Lipinski definition) is 3. The lowest BCUT2D eigenvalue weighted by Gasteiger charge is -2.16. The van der Waals surface area contributed by atoms with Crippen molar-refractivity contribution in [2.24, 2.45) is 0 Å². The summed E-state index contributed by atoms with van der Waals surface area (Å²) in [7, 11) is 0. The first-order valence-electron chi connectivity index (χ1n) is 6.67. The number of rotatable bonds is 4. The highest BCUT2D eigenvalue weighted by molar-refractivity contribution is 14.1. The van der Waals surface area contributed by atoms with Crippen molar-refractivity contribution in [3.8, 4) is 0 Å². The molecule has 10 heteroatoms. The van der Waals surface area contributed by atoms with E-state index in [9.17, 15) is 19.5 Å². The first kappa shape index (κ1) is 17.0. The quantitative estimate of drug-likeness (QED) is 0.561. The number of hydrogen-bond acceptors (Lipinski definition) is 6. The zero-order valence-electron chi connectivity index (χ0n) is 11.7. The normalized spacial score (nSPS) is 24.2. The van der Waals surface area contributed by atoms with E-state index in [1.165, 1.54) is 10.8 Å². The van der Waals surface area contributed by atoms with Gasteiger partial charge in [0.15, 0.2) is 0 Å². The third-order valence-corrected chi connectivity index (χ3v) is 3.93. The zero-order chi connectivity index (χ0) is 16.3. The number of carbonyl (C=O) groups is 1. The second-order valence-corrected chi connectivity index (χ2v) is 5.84. The average Bonchev–Trinajstić information content (AvgIpc) is 2.82. The fraction of sp³-hybridized carbons (Fsp3) is 0.583. The van der Waals surface area contributed by atoms with Crippen molar-refractivity contribution >= 4 is 28.7 Å². The molecule has 2 rings (SSSR count). The minimum absolute atomic E-state index is 0.0612. The van der Waals surface area contributed by atoms with Gasteiger partial charge in [-0.05, 0) is 29.5 Å². The monoisotopic (exact) mass is 425 g/mol. The van der Waals surface area contributed by atoms with Gasteiger partial charge >= 0.3 is 11.8 Å². The number of aromatic nitrogens is 2. The maximum atomic E-state index is 11.8. The van der Waals surface area contributed by atoms with Gasteiger partial charge in [-0.3, -0.25) is 14.3 Å². The minimum Gasteiger partial charge on any atom is -0.450 e. The van der Waals surface area contributed by atoms with Crippen LogP contribution in [0.1, 0.15) is 19.6 Å². The van der Waals surface area contributed by atoms with Gasteiger partial charge in [0.05, 0.1) is 16.3 Å². The Morgan fingerprint density at radius 3 is 3.05 bits per heavy atom. The molecular weight excluding hydrogens is 409 g/mol. The van der Waals surface area contributed by atoms with Crippen LogP contribution in [0.3, 0.4) is 0 Å². The number of aromatic amines is 1. The molecule has 1 amide bonds. The van der Waals surface area contributed by atoms with Gasteiger partial charge in [0.25, 0.3) is 5.56 Å². The third kappa shape index (κ3) is 3.87. The van der Waals surface area contributed by atoms with Crippen LogP contribution in [0, 0.1) is 3.57 Å². The van der Waals surface area contributed by atoms with Crippen LogP contribution in [-0.2, 0) is 9.47 Å². The number of halogens is 1. The van der Waals surface area contributed by atoms with Gasteiger partial charge in [0.1, 0.15) is 12.3 Å². The molecule has 22 heavy (non-hydrogen) atoms. The molecule has 0 unspecified atom stereocenters. The van der Waals surface area contributed by atoms with Gasteiger partial charge in [-0.15, -0.1) is 0 Å². The molecule has 0 aliphatic carbocycles. The van der Waals surface area contributed by atoms with Gasteiger partial charge in [-0.25, -0.2) is 9.59 Å². The molecule has 2 heterocycles. The molecule has 3 N–H and O–H groups in total. The Morgan fingerprint density at radius 1 is 1.64 bits per heavy atom. The van der Waals surface area contributed by atoms with Gasteiger partial charge in [0, 0.05) is 19.2 Å². The van der Waals surface area contributed by atoms with Crippen LogP contribution in [0.5, 0.6) is 0 Å². The summed E-state index contributed by atoms with van der Waals surface area (Å²) in [4.78, 5) is 36.5. The van der Waals surface area contributed by atoms with Gasteiger partial charge in [-0.2, -0.15) is 0 Å². The third-order valence-electron chi connectivity index (χ3n) is 3.16.